The number of benzene rings is 2. The lowest BCUT2D eigenvalue weighted by molar-refractivity contribution is 0.0447. The van der Waals surface area contributed by atoms with Gasteiger partial charge in [-0.25, -0.2) is 23.2 Å². The molecule has 1 fully saturated rings. The van der Waals surface area contributed by atoms with Crippen LogP contribution in [0.25, 0.3) is 11.5 Å². The fraction of sp³-hybridized carbons (Fsp3) is 0.417. The van der Waals surface area contributed by atoms with Crippen molar-refractivity contribution < 1.29 is 22.4 Å². The van der Waals surface area contributed by atoms with Gasteiger partial charge in [-0.2, -0.15) is 0 Å². The van der Waals surface area contributed by atoms with Crippen LogP contribution in [0.2, 0.25) is 0 Å². The molecular formula is C36H45N5O5S. The van der Waals surface area contributed by atoms with Crippen LogP contribution < -0.4 is 14.5 Å². The Morgan fingerprint density at radius 1 is 1.00 bits per heavy atom. The first-order valence-electron chi connectivity index (χ1n) is 15.9. The van der Waals surface area contributed by atoms with E-state index in [1.807, 2.05) is 82.3 Å². The first kappa shape index (κ1) is 34.0. The Labute approximate surface area is 278 Å². The molecule has 1 saturated carbocycles. The largest absolute Gasteiger partial charge is 0.444 e. The Hall–Kier alpha value is -4.38. The van der Waals surface area contributed by atoms with Gasteiger partial charge in [0, 0.05) is 32.1 Å². The van der Waals surface area contributed by atoms with Gasteiger partial charge in [0.1, 0.15) is 22.8 Å². The van der Waals surface area contributed by atoms with Crippen molar-refractivity contribution in [2.24, 2.45) is 11.8 Å². The molecular weight excluding hydrogens is 614 g/mol. The number of pyridine rings is 1. The first-order valence-corrected chi connectivity index (χ1v) is 17.7. The van der Waals surface area contributed by atoms with Crippen molar-refractivity contribution in [2.45, 2.75) is 65.1 Å². The van der Waals surface area contributed by atoms with Crippen molar-refractivity contribution in [3.63, 3.8) is 0 Å². The van der Waals surface area contributed by atoms with E-state index in [2.05, 4.69) is 34.3 Å². The van der Waals surface area contributed by atoms with Crippen LogP contribution in [0.4, 0.5) is 16.4 Å². The molecule has 11 heteroatoms. The number of amides is 1. The molecule has 0 saturated heterocycles. The Morgan fingerprint density at radius 3 is 2.17 bits per heavy atom. The van der Waals surface area contributed by atoms with Gasteiger partial charge in [-0.1, -0.05) is 67.6 Å². The van der Waals surface area contributed by atoms with E-state index in [4.69, 9.17) is 14.1 Å². The molecule has 250 valence electrons. The second-order valence-corrected chi connectivity index (χ2v) is 15.8. The molecule has 5 rings (SSSR count). The number of hydrogen-bond acceptors (Lipinski definition) is 8. The number of anilines is 2. The molecule has 0 bridgehead atoms. The zero-order chi connectivity index (χ0) is 34.0. The van der Waals surface area contributed by atoms with Gasteiger partial charge in [-0.05, 0) is 69.2 Å². The van der Waals surface area contributed by atoms with Crippen LogP contribution in [0.5, 0.6) is 0 Å². The number of aromatic nitrogens is 2. The monoisotopic (exact) mass is 659 g/mol. The van der Waals surface area contributed by atoms with Gasteiger partial charge >= 0.3 is 6.09 Å². The number of alkyl carbamates (subject to hydrolysis) is 1. The number of carbonyl (C=O) groups excluding carboxylic acids is 1. The summed E-state index contributed by atoms with van der Waals surface area (Å²) in [6.45, 7) is 10.9. The van der Waals surface area contributed by atoms with E-state index in [0.29, 0.717) is 41.9 Å². The van der Waals surface area contributed by atoms with Crippen LogP contribution in [0, 0.1) is 11.8 Å². The highest BCUT2D eigenvalue weighted by atomic mass is 32.2. The lowest BCUT2D eigenvalue weighted by Gasteiger charge is -2.30. The van der Waals surface area contributed by atoms with Gasteiger partial charge in [0.2, 0.25) is 15.9 Å². The quantitative estimate of drug-likeness (QED) is 0.177. The summed E-state index contributed by atoms with van der Waals surface area (Å²) < 4.78 is 38.5. The van der Waals surface area contributed by atoms with Crippen molar-refractivity contribution in [3.8, 4) is 11.5 Å². The predicted molar refractivity (Wildman–Crippen MR) is 185 cm³/mol. The summed E-state index contributed by atoms with van der Waals surface area (Å²) in [5.74, 6) is 2.70. The van der Waals surface area contributed by atoms with E-state index >= 15 is 0 Å². The van der Waals surface area contributed by atoms with E-state index < -0.39 is 27.3 Å². The maximum atomic E-state index is 13.0. The van der Waals surface area contributed by atoms with Crippen molar-refractivity contribution >= 4 is 27.8 Å². The molecule has 2 aromatic carbocycles. The summed E-state index contributed by atoms with van der Waals surface area (Å²) in [4.78, 5) is 24.7. The van der Waals surface area contributed by atoms with E-state index in [-0.39, 0.29) is 11.7 Å². The van der Waals surface area contributed by atoms with E-state index in [9.17, 15) is 13.2 Å². The SMILES string of the molecule is CC1CC1CN(Cc1ccccc1)c1cc(-c2ncc([C@@](C)(Cc3ccccc3)NC(=O)OC(C)(C)C)o2)cc(N(C)S(C)(=O)=O)n1. The molecule has 1 amide bonds. The Bertz CT molecular complexity index is 1790. The standard InChI is InChI=1S/C36H45N5O5S/c1-25-18-29(25)24-41(23-27-16-12-9-13-17-27)32-20-28(19-31(38-32)40(6)47(7,43)44)33-37-22-30(45-33)36(5,21-26-14-10-8-11-15-26)39-34(42)46-35(2,3)4/h8-17,19-20,22,25,29H,18,21,23-24H2,1-7H3,(H,39,42)/t25?,29?,36-/m1/s1. The molecule has 4 aromatic rings. The predicted octanol–water partition coefficient (Wildman–Crippen LogP) is 6.78. The van der Waals surface area contributed by atoms with Gasteiger partial charge in [0.15, 0.2) is 5.76 Å². The average molecular weight is 660 g/mol. The summed E-state index contributed by atoms with van der Waals surface area (Å²) in [6.07, 6.45) is 3.71. The van der Waals surface area contributed by atoms with Crippen molar-refractivity contribution in [3.05, 3.63) is 95.9 Å². The third kappa shape index (κ3) is 8.91. The summed E-state index contributed by atoms with van der Waals surface area (Å²) >= 11 is 0. The average Bonchev–Trinajstić information content (AvgIpc) is 3.45. The number of rotatable bonds is 12. The zero-order valence-corrected chi connectivity index (χ0v) is 29.0. The lowest BCUT2D eigenvalue weighted by Crippen LogP contribution is -2.47. The van der Waals surface area contributed by atoms with Gasteiger partial charge < -0.3 is 19.4 Å². The maximum Gasteiger partial charge on any atom is 0.408 e. The van der Waals surface area contributed by atoms with Gasteiger partial charge in [0.05, 0.1) is 12.5 Å². The number of nitrogens with one attached hydrogen (secondary N) is 1. The summed E-state index contributed by atoms with van der Waals surface area (Å²) in [5.41, 5.74) is 0.961. The Balaban J connectivity index is 1.56. The highest BCUT2D eigenvalue weighted by Crippen LogP contribution is 2.40. The number of sulfonamides is 1. The summed E-state index contributed by atoms with van der Waals surface area (Å²) in [6, 6.07) is 23.5. The van der Waals surface area contributed by atoms with Crippen molar-refractivity contribution in [2.75, 3.05) is 29.1 Å². The van der Waals surface area contributed by atoms with Crippen LogP contribution >= 0.6 is 0 Å². The molecule has 2 aromatic heterocycles. The topological polar surface area (TPSA) is 118 Å². The van der Waals surface area contributed by atoms with Crippen LogP contribution in [0.1, 0.15) is 57.9 Å². The third-order valence-electron chi connectivity index (χ3n) is 8.36. The van der Waals surface area contributed by atoms with Crippen LogP contribution in [0.15, 0.2) is 83.4 Å². The molecule has 0 radical (unpaired) electrons. The lowest BCUT2D eigenvalue weighted by atomic mass is 9.90. The molecule has 1 aliphatic carbocycles. The molecule has 10 nitrogen and oxygen atoms in total. The normalized spacial score (nSPS) is 17.4. The second-order valence-electron chi connectivity index (χ2n) is 13.8. The number of oxazole rings is 1. The number of nitrogens with zero attached hydrogens (tertiary/aromatic N) is 4. The van der Waals surface area contributed by atoms with Gasteiger partial charge in [0.25, 0.3) is 0 Å². The smallest absolute Gasteiger partial charge is 0.408 e. The van der Waals surface area contributed by atoms with Crippen LogP contribution in [0.3, 0.4) is 0 Å². The minimum absolute atomic E-state index is 0.251. The van der Waals surface area contributed by atoms with Crippen molar-refractivity contribution in [1.82, 2.24) is 15.3 Å². The van der Waals surface area contributed by atoms with E-state index in [1.54, 1.807) is 12.3 Å². The zero-order valence-electron chi connectivity index (χ0n) is 28.2. The molecule has 2 heterocycles. The molecule has 1 aliphatic rings. The number of carbonyl (C=O) groups is 1. The van der Waals surface area contributed by atoms with Crippen molar-refractivity contribution in [1.29, 1.82) is 0 Å². The van der Waals surface area contributed by atoms with Crippen LogP contribution in [-0.2, 0) is 33.3 Å². The van der Waals surface area contributed by atoms with Gasteiger partial charge in [-0.15, -0.1) is 0 Å². The van der Waals surface area contributed by atoms with E-state index in [0.717, 1.165) is 34.7 Å². The molecule has 0 spiro atoms. The van der Waals surface area contributed by atoms with Crippen LogP contribution in [-0.4, -0.2) is 49.9 Å². The highest BCUT2D eigenvalue weighted by Gasteiger charge is 2.36. The number of ether oxygens (including phenoxy) is 1. The number of hydrogen-bond donors (Lipinski definition) is 1. The minimum atomic E-state index is -3.62. The molecule has 3 atom stereocenters. The summed E-state index contributed by atoms with van der Waals surface area (Å²) in [5, 5.41) is 3.02. The third-order valence-corrected chi connectivity index (χ3v) is 9.55. The van der Waals surface area contributed by atoms with Gasteiger partial charge in [-0.3, -0.25) is 4.31 Å². The Morgan fingerprint density at radius 2 is 1.60 bits per heavy atom. The summed E-state index contributed by atoms with van der Waals surface area (Å²) in [7, 11) is -2.13. The fourth-order valence-electron chi connectivity index (χ4n) is 5.49. The molecule has 0 aliphatic heterocycles. The Kier molecular flexibility index (Phi) is 9.68. The second kappa shape index (κ2) is 13.4. The minimum Gasteiger partial charge on any atom is -0.444 e. The first-order chi connectivity index (χ1) is 22.1. The van der Waals surface area contributed by atoms with E-state index in [1.165, 1.54) is 7.05 Å². The molecule has 1 N–H and O–H groups in total. The molecule has 2 unspecified atom stereocenters. The highest BCUT2D eigenvalue weighted by molar-refractivity contribution is 7.92. The fourth-order valence-corrected chi connectivity index (χ4v) is 5.92. The molecule has 47 heavy (non-hydrogen) atoms. The maximum absolute atomic E-state index is 13.0.